The number of amides is 1. The van der Waals surface area contributed by atoms with Crippen molar-refractivity contribution < 1.29 is 23.9 Å². The third-order valence-corrected chi connectivity index (χ3v) is 8.05. The zero-order valence-electron chi connectivity index (χ0n) is 22.5. The highest BCUT2D eigenvalue weighted by Gasteiger charge is 2.32. The van der Waals surface area contributed by atoms with Gasteiger partial charge < -0.3 is 10.5 Å². The minimum atomic E-state index is -0.680. The Balaban J connectivity index is 0.000000169. The highest BCUT2D eigenvalue weighted by molar-refractivity contribution is 14.1. The van der Waals surface area contributed by atoms with E-state index in [1.807, 2.05) is 24.3 Å². The van der Waals surface area contributed by atoms with E-state index >= 15 is 0 Å². The van der Waals surface area contributed by atoms with Crippen molar-refractivity contribution >= 4 is 68.6 Å². The number of aromatic nitrogens is 6. The lowest BCUT2D eigenvalue weighted by atomic mass is 9.94. The maximum Gasteiger partial charge on any atom is 0.359 e. The molecule has 4 aromatic heterocycles. The minimum Gasteiger partial charge on any atom is -0.461 e. The van der Waals surface area contributed by atoms with E-state index in [9.17, 15) is 19.2 Å². The van der Waals surface area contributed by atoms with Crippen LogP contribution in [0.2, 0.25) is 0 Å². The Morgan fingerprint density at radius 1 is 0.833 bits per heavy atom. The molecule has 2 aliphatic rings. The Labute approximate surface area is 267 Å². The zero-order chi connectivity index (χ0) is 30.0. The van der Waals surface area contributed by atoms with Gasteiger partial charge in [-0.05, 0) is 102 Å². The molecule has 0 radical (unpaired) electrons. The fraction of sp³-hybridized carbons (Fsp3) is 0.286. The Morgan fingerprint density at radius 2 is 1.31 bits per heavy atom. The van der Waals surface area contributed by atoms with E-state index in [0.29, 0.717) is 48.4 Å². The maximum absolute atomic E-state index is 12.2. The molecule has 2 aliphatic carbocycles. The van der Waals surface area contributed by atoms with Crippen molar-refractivity contribution in [1.29, 1.82) is 0 Å². The minimum absolute atomic E-state index is 0.0466. The summed E-state index contributed by atoms with van der Waals surface area (Å²) in [5.41, 5.74) is 7.71. The molecule has 1 amide bonds. The summed E-state index contributed by atoms with van der Waals surface area (Å²) in [6.45, 7) is 1.97. The van der Waals surface area contributed by atoms with Crippen LogP contribution < -0.4 is 5.73 Å². The Bertz CT molecular complexity index is 1730. The number of esters is 1. The van der Waals surface area contributed by atoms with Crippen LogP contribution in [-0.4, -0.2) is 59.6 Å². The first-order valence-electron chi connectivity index (χ1n) is 13.2. The molecule has 0 atom stereocenters. The smallest absolute Gasteiger partial charge is 0.359 e. The molecule has 0 bridgehead atoms. The van der Waals surface area contributed by atoms with Crippen LogP contribution in [0.25, 0.3) is 11.6 Å². The number of fused-ring (bicyclic) bond motifs is 2. The molecular weight excluding hydrogens is 768 g/mol. The van der Waals surface area contributed by atoms with Crippen LogP contribution in [0.15, 0.2) is 36.7 Å². The van der Waals surface area contributed by atoms with Gasteiger partial charge in [0.15, 0.2) is 34.6 Å². The number of hydrogen-bond donors (Lipinski definition) is 1. The average molecular weight is 793 g/mol. The Morgan fingerprint density at radius 3 is 1.76 bits per heavy atom. The van der Waals surface area contributed by atoms with Crippen LogP contribution in [0, 0.1) is 7.14 Å². The predicted molar refractivity (Wildman–Crippen MR) is 167 cm³/mol. The molecule has 4 heterocycles. The van der Waals surface area contributed by atoms with Crippen molar-refractivity contribution in [3.63, 3.8) is 0 Å². The molecule has 14 heteroatoms. The summed E-state index contributed by atoms with van der Waals surface area (Å²) in [5, 5.41) is 8.54. The van der Waals surface area contributed by atoms with Gasteiger partial charge in [0, 0.05) is 32.4 Å². The second-order valence-electron chi connectivity index (χ2n) is 9.47. The van der Waals surface area contributed by atoms with Gasteiger partial charge in [0.25, 0.3) is 5.91 Å². The molecule has 0 spiro atoms. The van der Waals surface area contributed by atoms with Crippen molar-refractivity contribution in [2.75, 3.05) is 6.61 Å². The molecule has 0 aliphatic heterocycles. The Hall–Kier alpha value is -3.54. The first-order chi connectivity index (χ1) is 20.2. The van der Waals surface area contributed by atoms with E-state index in [2.05, 4.69) is 65.3 Å². The molecule has 42 heavy (non-hydrogen) atoms. The fourth-order valence-electron chi connectivity index (χ4n) is 4.95. The lowest BCUT2D eigenvalue weighted by Crippen LogP contribution is -2.18. The average Bonchev–Trinajstić information content (AvgIpc) is 3.55. The standard InChI is InChI=1S/C15H14IN3O3.C13H11IN4O2/c1-2-22-15(21)14-13-10(4-3-5-11(13)20)19(18-14)12-8-9(16)6-7-17-12;14-7-4-5-16-10(6-7)18-8-2-1-3-9(19)11(8)12(17-18)13(15)20/h6-8H,2-5H2,1H3;4-6H,1-3H2,(H2,15,20). The van der Waals surface area contributed by atoms with Crippen LogP contribution in [0.1, 0.15) is 85.7 Å². The lowest BCUT2D eigenvalue weighted by molar-refractivity contribution is 0.0515. The van der Waals surface area contributed by atoms with Crippen molar-refractivity contribution in [3.05, 3.63) is 77.7 Å². The van der Waals surface area contributed by atoms with E-state index in [1.165, 1.54) is 0 Å². The van der Waals surface area contributed by atoms with E-state index < -0.39 is 11.9 Å². The molecule has 0 aromatic carbocycles. The molecule has 6 rings (SSSR count). The number of Topliss-reactive ketones (excluding diaryl/α,β-unsaturated/α-hetero) is 2. The molecule has 12 nitrogen and oxygen atoms in total. The van der Waals surface area contributed by atoms with Gasteiger partial charge in [-0.15, -0.1) is 0 Å². The predicted octanol–water partition coefficient (Wildman–Crippen LogP) is 4.06. The van der Waals surface area contributed by atoms with Gasteiger partial charge in [0.05, 0.1) is 29.1 Å². The van der Waals surface area contributed by atoms with E-state index in [4.69, 9.17) is 10.5 Å². The van der Waals surface area contributed by atoms with Crippen molar-refractivity contribution in [1.82, 2.24) is 29.5 Å². The molecule has 216 valence electrons. The SMILES string of the molecule is CCOC(=O)c1nn(-c2cc(I)ccn2)c2c1C(=O)CCC2.NC(=O)c1nn(-c2cc(I)ccn2)c2c1C(=O)CCC2. The van der Waals surface area contributed by atoms with Gasteiger partial charge in [-0.25, -0.2) is 24.1 Å². The first-order valence-corrected chi connectivity index (χ1v) is 15.4. The Kier molecular flexibility index (Phi) is 9.10. The summed E-state index contributed by atoms with van der Waals surface area (Å²) >= 11 is 4.36. The second-order valence-corrected chi connectivity index (χ2v) is 12.0. The number of primary amides is 1. The number of carbonyl (C=O) groups is 4. The van der Waals surface area contributed by atoms with Crippen LogP contribution in [0.5, 0.6) is 0 Å². The maximum atomic E-state index is 12.2. The summed E-state index contributed by atoms with van der Waals surface area (Å²) in [6, 6.07) is 7.44. The normalized spacial score (nSPS) is 14.0. The second kappa shape index (κ2) is 12.8. The van der Waals surface area contributed by atoms with Crippen LogP contribution in [0.4, 0.5) is 0 Å². The van der Waals surface area contributed by atoms with Gasteiger partial charge in [-0.2, -0.15) is 10.2 Å². The van der Waals surface area contributed by atoms with Crippen LogP contribution in [0.3, 0.4) is 0 Å². The first kappa shape index (κ1) is 29.9. The number of nitrogens with two attached hydrogens (primary N) is 1. The third kappa shape index (κ3) is 5.99. The fourth-order valence-corrected chi connectivity index (χ4v) is 5.83. The van der Waals surface area contributed by atoms with Gasteiger partial charge in [0.1, 0.15) is 0 Å². The number of nitrogens with zero attached hydrogens (tertiary/aromatic N) is 6. The monoisotopic (exact) mass is 793 g/mol. The highest BCUT2D eigenvalue weighted by Crippen LogP contribution is 2.28. The number of pyridine rings is 2. The summed E-state index contributed by atoms with van der Waals surface area (Å²) < 4.78 is 10.2. The molecule has 0 saturated carbocycles. The third-order valence-electron chi connectivity index (χ3n) is 6.71. The number of rotatable bonds is 5. The van der Waals surface area contributed by atoms with Crippen LogP contribution in [-0.2, 0) is 17.6 Å². The van der Waals surface area contributed by atoms with Gasteiger partial charge in [-0.3, -0.25) is 14.4 Å². The van der Waals surface area contributed by atoms with Gasteiger partial charge in [0.2, 0.25) is 0 Å². The van der Waals surface area contributed by atoms with Crippen molar-refractivity contribution in [3.8, 4) is 11.6 Å². The molecule has 4 aromatic rings. The molecular formula is C28H25I2N7O5. The quantitative estimate of drug-likeness (QED) is 0.232. The van der Waals surface area contributed by atoms with E-state index in [1.54, 1.807) is 28.7 Å². The number of ketones is 2. The summed E-state index contributed by atoms with van der Waals surface area (Å²) in [4.78, 5) is 56.4. The molecule has 0 fully saturated rings. The number of hydrogen-bond acceptors (Lipinski definition) is 9. The van der Waals surface area contributed by atoms with Gasteiger partial charge in [-0.1, -0.05) is 0 Å². The molecule has 2 N–H and O–H groups in total. The largest absolute Gasteiger partial charge is 0.461 e. The van der Waals surface area contributed by atoms with Crippen LogP contribution >= 0.6 is 45.2 Å². The zero-order valence-corrected chi connectivity index (χ0v) is 26.8. The van der Waals surface area contributed by atoms with E-state index in [-0.39, 0.29) is 29.6 Å². The number of carbonyl (C=O) groups excluding carboxylic acids is 4. The number of halogens is 2. The highest BCUT2D eigenvalue weighted by atomic mass is 127. The summed E-state index contributed by atoms with van der Waals surface area (Å²) in [5.74, 6) is -0.166. The molecule has 0 saturated heterocycles. The van der Waals surface area contributed by atoms with Crippen molar-refractivity contribution in [2.45, 2.75) is 45.4 Å². The summed E-state index contributed by atoms with van der Waals surface area (Å²) in [6.07, 6.45) is 7.10. The lowest BCUT2D eigenvalue weighted by Gasteiger charge is -2.12. The molecule has 0 unspecified atom stereocenters. The van der Waals surface area contributed by atoms with E-state index in [0.717, 1.165) is 31.4 Å². The summed E-state index contributed by atoms with van der Waals surface area (Å²) in [7, 11) is 0. The number of ether oxygens (including phenoxy) is 1. The van der Waals surface area contributed by atoms with Crippen molar-refractivity contribution in [2.24, 2.45) is 5.73 Å². The topological polar surface area (TPSA) is 165 Å². The van der Waals surface area contributed by atoms with Gasteiger partial charge >= 0.3 is 5.97 Å².